The third kappa shape index (κ3) is 4.33. The molecule has 0 saturated carbocycles. The van der Waals surface area contributed by atoms with Gasteiger partial charge in [-0.15, -0.1) is 0 Å². The Morgan fingerprint density at radius 2 is 2.10 bits per heavy atom. The second-order valence-electron chi connectivity index (χ2n) is 6.55. The van der Waals surface area contributed by atoms with Gasteiger partial charge >= 0.3 is 0 Å². The minimum atomic E-state index is 0.794. The van der Waals surface area contributed by atoms with Gasteiger partial charge in [-0.05, 0) is 78.2 Å². The molecule has 0 radical (unpaired) electrons. The topological polar surface area (TPSA) is 20.2 Å². The van der Waals surface area contributed by atoms with Gasteiger partial charge in [0.15, 0.2) is 0 Å². The molecule has 1 unspecified atom stereocenters. The molecule has 3 nitrogen and oxygen atoms in total. The molecule has 0 amide bonds. The molecule has 3 heteroatoms. The van der Waals surface area contributed by atoms with E-state index in [9.17, 15) is 0 Å². The van der Waals surface area contributed by atoms with Crippen molar-refractivity contribution in [3.8, 4) is 0 Å². The summed E-state index contributed by atoms with van der Waals surface area (Å²) in [5, 5.41) is 3.62. The van der Waals surface area contributed by atoms with Crippen molar-refractivity contribution in [1.82, 2.24) is 14.8 Å². The van der Waals surface area contributed by atoms with E-state index in [0.29, 0.717) is 0 Å². The number of nitrogens with zero attached hydrogens (tertiary/aromatic N) is 2. The van der Waals surface area contributed by atoms with Gasteiger partial charge in [-0.3, -0.25) is 0 Å². The zero-order valence-electron chi connectivity index (χ0n) is 14.4. The van der Waals surface area contributed by atoms with Crippen LogP contribution in [0.25, 0.3) is 0 Å². The Morgan fingerprint density at radius 1 is 1.29 bits per heavy atom. The van der Waals surface area contributed by atoms with Crippen molar-refractivity contribution in [2.75, 3.05) is 19.6 Å². The van der Waals surface area contributed by atoms with E-state index in [4.69, 9.17) is 0 Å². The highest BCUT2D eigenvalue weighted by Gasteiger charge is 2.17. The summed E-state index contributed by atoms with van der Waals surface area (Å²) in [6, 6.07) is 3.13. The summed E-state index contributed by atoms with van der Waals surface area (Å²) in [6.45, 7) is 14.8. The highest BCUT2D eigenvalue weighted by molar-refractivity contribution is 5.26. The van der Waals surface area contributed by atoms with Crippen LogP contribution >= 0.6 is 0 Å². The lowest BCUT2D eigenvalue weighted by Crippen LogP contribution is -2.38. The molecule has 1 fully saturated rings. The first-order valence-corrected chi connectivity index (χ1v) is 8.73. The molecule has 0 aliphatic carbocycles. The van der Waals surface area contributed by atoms with Gasteiger partial charge in [0, 0.05) is 30.5 Å². The van der Waals surface area contributed by atoms with Crippen molar-refractivity contribution in [3.63, 3.8) is 0 Å². The van der Waals surface area contributed by atoms with E-state index in [0.717, 1.165) is 25.7 Å². The predicted molar refractivity (Wildman–Crippen MR) is 90.8 cm³/mol. The van der Waals surface area contributed by atoms with Crippen LogP contribution in [0, 0.1) is 13.8 Å². The minimum absolute atomic E-state index is 0.794. The van der Waals surface area contributed by atoms with Crippen molar-refractivity contribution >= 4 is 0 Å². The Hall–Kier alpha value is -0.800. The van der Waals surface area contributed by atoms with E-state index in [1.54, 1.807) is 0 Å². The minimum Gasteiger partial charge on any atom is -0.349 e. The smallest absolute Gasteiger partial charge is 0.0223 e. The second kappa shape index (κ2) is 8.00. The zero-order chi connectivity index (χ0) is 15.2. The van der Waals surface area contributed by atoms with Crippen molar-refractivity contribution < 1.29 is 0 Å². The van der Waals surface area contributed by atoms with Gasteiger partial charge in [-0.2, -0.15) is 0 Å². The van der Waals surface area contributed by atoms with Crippen LogP contribution in [0.2, 0.25) is 0 Å². The van der Waals surface area contributed by atoms with Crippen LogP contribution in [0.15, 0.2) is 6.07 Å². The summed E-state index contributed by atoms with van der Waals surface area (Å²) in [4.78, 5) is 2.66. The molecule has 1 saturated heterocycles. The maximum absolute atomic E-state index is 3.62. The summed E-state index contributed by atoms with van der Waals surface area (Å²) in [5.41, 5.74) is 4.27. The molecule has 1 aliphatic rings. The second-order valence-corrected chi connectivity index (χ2v) is 6.55. The van der Waals surface area contributed by atoms with Crippen molar-refractivity contribution in [1.29, 1.82) is 0 Å². The molecule has 0 bridgehead atoms. The summed E-state index contributed by atoms with van der Waals surface area (Å²) in [5.74, 6) is 0. The predicted octanol–water partition coefficient (Wildman–Crippen LogP) is 3.48. The highest BCUT2D eigenvalue weighted by atomic mass is 15.2. The lowest BCUT2D eigenvalue weighted by atomic mass is 10.0. The largest absolute Gasteiger partial charge is 0.349 e. The van der Waals surface area contributed by atoms with E-state index < -0.39 is 0 Å². The highest BCUT2D eigenvalue weighted by Crippen LogP contribution is 2.16. The van der Waals surface area contributed by atoms with Gasteiger partial charge in [-0.25, -0.2) is 0 Å². The number of aromatic nitrogens is 1. The molecular formula is C18H33N3. The lowest BCUT2D eigenvalue weighted by molar-refractivity contribution is 0.159. The molecule has 1 aliphatic heterocycles. The average Bonchev–Trinajstić information content (AvgIpc) is 2.74. The maximum atomic E-state index is 3.62. The lowest BCUT2D eigenvalue weighted by Gasteiger charge is -2.33. The van der Waals surface area contributed by atoms with Crippen molar-refractivity contribution in [2.24, 2.45) is 0 Å². The van der Waals surface area contributed by atoms with E-state index >= 15 is 0 Å². The van der Waals surface area contributed by atoms with Crippen LogP contribution in [0.3, 0.4) is 0 Å². The number of likely N-dealkylation sites (tertiary alicyclic amines) is 1. The fourth-order valence-electron chi connectivity index (χ4n) is 3.66. The number of piperidine rings is 1. The third-order valence-corrected chi connectivity index (χ3v) is 5.05. The molecule has 21 heavy (non-hydrogen) atoms. The summed E-state index contributed by atoms with van der Waals surface area (Å²) in [7, 11) is 0. The molecular weight excluding hydrogens is 258 g/mol. The first-order chi connectivity index (χ1) is 10.1. The molecule has 120 valence electrons. The van der Waals surface area contributed by atoms with Gasteiger partial charge in [-0.1, -0.05) is 6.42 Å². The maximum Gasteiger partial charge on any atom is 0.0223 e. The van der Waals surface area contributed by atoms with Gasteiger partial charge in [0.2, 0.25) is 0 Å². The Bertz CT molecular complexity index is 436. The first-order valence-electron chi connectivity index (χ1n) is 8.73. The van der Waals surface area contributed by atoms with Crippen molar-refractivity contribution in [3.05, 3.63) is 23.0 Å². The number of hydrogen-bond acceptors (Lipinski definition) is 2. The molecule has 0 spiro atoms. The van der Waals surface area contributed by atoms with Crippen molar-refractivity contribution in [2.45, 2.75) is 72.5 Å². The normalized spacial score (nSPS) is 20.1. The van der Waals surface area contributed by atoms with Crippen LogP contribution < -0.4 is 5.32 Å². The number of aryl methyl sites for hydroxylation is 1. The average molecular weight is 291 g/mol. The van der Waals surface area contributed by atoms with Crippen LogP contribution in [0.5, 0.6) is 0 Å². The monoisotopic (exact) mass is 291 g/mol. The summed E-state index contributed by atoms with van der Waals surface area (Å²) in [6.07, 6.45) is 5.46. The molecule has 2 rings (SSSR count). The van der Waals surface area contributed by atoms with Crippen LogP contribution in [-0.4, -0.2) is 35.1 Å². The van der Waals surface area contributed by atoms with E-state index in [-0.39, 0.29) is 0 Å². The van der Waals surface area contributed by atoms with Gasteiger partial charge < -0.3 is 14.8 Å². The summed E-state index contributed by atoms with van der Waals surface area (Å²) < 4.78 is 2.40. The third-order valence-electron chi connectivity index (χ3n) is 5.05. The molecule has 2 heterocycles. The Labute approximate surface area is 130 Å². The number of hydrogen-bond donors (Lipinski definition) is 1. The van der Waals surface area contributed by atoms with Crippen LogP contribution in [-0.2, 0) is 13.1 Å². The van der Waals surface area contributed by atoms with Gasteiger partial charge in [0.05, 0.1) is 0 Å². The Balaban J connectivity index is 1.68. The van der Waals surface area contributed by atoms with Gasteiger partial charge in [0.1, 0.15) is 0 Å². The van der Waals surface area contributed by atoms with Crippen LogP contribution in [0.1, 0.15) is 56.5 Å². The molecule has 1 aromatic heterocycles. The fraction of sp³-hybridized carbons (Fsp3) is 0.778. The molecule has 1 N–H and O–H groups in total. The number of rotatable bonds is 7. The first kappa shape index (κ1) is 16.6. The van der Waals surface area contributed by atoms with Crippen LogP contribution in [0.4, 0.5) is 0 Å². The molecule has 1 atom stereocenters. The quantitative estimate of drug-likeness (QED) is 0.776. The fourth-order valence-corrected chi connectivity index (χ4v) is 3.66. The Kier molecular flexibility index (Phi) is 6.31. The Morgan fingerprint density at radius 3 is 2.76 bits per heavy atom. The van der Waals surface area contributed by atoms with Gasteiger partial charge in [0.25, 0.3) is 0 Å². The molecule has 0 aromatic carbocycles. The SMILES string of the molecule is CCn1c(C)cc(CNCCCN2CCCCC2C)c1C. The van der Waals surface area contributed by atoms with E-state index in [1.807, 2.05) is 0 Å². The van der Waals surface area contributed by atoms with E-state index in [2.05, 4.69) is 48.5 Å². The standard InChI is InChI=1S/C18H33N3/c1-5-21-16(3)13-18(17(21)4)14-19-10-8-12-20-11-7-6-9-15(20)2/h13,15,19H,5-12,14H2,1-4H3. The van der Waals surface area contributed by atoms with E-state index in [1.165, 1.54) is 55.7 Å². The number of nitrogens with one attached hydrogen (secondary N) is 1. The molecule has 1 aromatic rings. The zero-order valence-corrected chi connectivity index (χ0v) is 14.4. The summed E-state index contributed by atoms with van der Waals surface area (Å²) >= 11 is 0.